The molecule has 0 aliphatic rings. The Kier molecular flexibility index (Phi) is 55.5. The van der Waals surface area contributed by atoms with Gasteiger partial charge in [0.05, 0.1) is 0 Å². The molecule has 0 saturated carbocycles. The molecule has 1 atom stereocenters. The summed E-state index contributed by atoms with van der Waals surface area (Å²) >= 11 is 0. The van der Waals surface area contributed by atoms with Crippen LogP contribution in [0, 0.1) is 0 Å². The van der Waals surface area contributed by atoms with Gasteiger partial charge in [0, 0.05) is 19.3 Å². The third-order valence-corrected chi connectivity index (χ3v) is 11.5. The number of ether oxygens (including phenoxy) is 3. The Bertz CT molecular complexity index is 1670. The number of esters is 3. The first-order valence-corrected chi connectivity index (χ1v) is 29.0. The fourth-order valence-corrected chi connectivity index (χ4v) is 7.30. The predicted molar refractivity (Wildman–Crippen MR) is 315 cm³/mol. The van der Waals surface area contributed by atoms with Crippen molar-refractivity contribution < 1.29 is 28.6 Å². The van der Waals surface area contributed by atoms with Crippen molar-refractivity contribution in [3.8, 4) is 0 Å². The first-order valence-electron chi connectivity index (χ1n) is 29.0. The predicted octanol–water partition coefficient (Wildman–Crippen LogP) is 19.8. The fraction of sp³-hybridized carbons (Fsp3) is 0.567. The maximum Gasteiger partial charge on any atom is 0.306 e. The van der Waals surface area contributed by atoms with E-state index in [9.17, 15) is 14.4 Å². The molecule has 0 fully saturated rings. The molecule has 1 unspecified atom stereocenters. The van der Waals surface area contributed by atoms with Gasteiger partial charge < -0.3 is 14.2 Å². The summed E-state index contributed by atoms with van der Waals surface area (Å²) in [6.45, 7) is 6.20. The molecule has 0 amide bonds. The Morgan fingerprint density at radius 1 is 0.274 bits per heavy atom. The molecule has 6 nitrogen and oxygen atoms in total. The molecule has 0 aromatic rings. The van der Waals surface area contributed by atoms with Gasteiger partial charge >= 0.3 is 17.9 Å². The third-order valence-electron chi connectivity index (χ3n) is 11.5. The zero-order chi connectivity index (χ0) is 52.9. The van der Waals surface area contributed by atoms with Crippen LogP contribution in [0.15, 0.2) is 158 Å². The lowest BCUT2D eigenvalue weighted by molar-refractivity contribution is -0.166. The Morgan fingerprint density at radius 2 is 0.521 bits per heavy atom. The molecule has 0 rings (SSSR count). The lowest BCUT2D eigenvalue weighted by Crippen LogP contribution is -2.30. The maximum absolute atomic E-state index is 12.9. The third kappa shape index (κ3) is 57.8. The summed E-state index contributed by atoms with van der Waals surface area (Å²) in [4.78, 5) is 38.2. The van der Waals surface area contributed by atoms with E-state index >= 15 is 0 Å². The average molecular weight is 1010 g/mol. The molecular formula is C67H104O6. The number of allylic oxidation sites excluding steroid dienone is 26. The van der Waals surface area contributed by atoms with Crippen molar-refractivity contribution in [1.82, 2.24) is 0 Å². The van der Waals surface area contributed by atoms with E-state index in [0.29, 0.717) is 12.8 Å². The number of carbonyl (C=O) groups excluding carboxylic acids is 3. The van der Waals surface area contributed by atoms with Crippen LogP contribution in [0.25, 0.3) is 0 Å². The van der Waals surface area contributed by atoms with Crippen molar-refractivity contribution in [3.05, 3.63) is 158 Å². The van der Waals surface area contributed by atoms with Crippen molar-refractivity contribution in [2.45, 2.75) is 232 Å². The minimum Gasteiger partial charge on any atom is -0.462 e. The van der Waals surface area contributed by atoms with Crippen molar-refractivity contribution in [2.75, 3.05) is 13.2 Å². The molecule has 0 saturated heterocycles. The zero-order valence-corrected chi connectivity index (χ0v) is 46.6. The number of hydrogen-bond donors (Lipinski definition) is 0. The molecule has 0 aromatic heterocycles. The van der Waals surface area contributed by atoms with Crippen molar-refractivity contribution in [3.63, 3.8) is 0 Å². The van der Waals surface area contributed by atoms with E-state index in [1.807, 2.05) is 12.2 Å². The SMILES string of the molecule is CC/C=C\C/C=C\C/C=C\C/C=C\C/C=C\C/C=C\CCC(=O)OCC(COC(=O)CCCCCCCCC/C=C\C/C=C\C/C=C\CC)OC(=O)CCCCCCCC/C=C\C/C=C\C/C=C\C/C=C\CC. The van der Waals surface area contributed by atoms with Gasteiger partial charge in [-0.15, -0.1) is 0 Å². The quantitative estimate of drug-likeness (QED) is 0.0261. The van der Waals surface area contributed by atoms with Crippen LogP contribution in [-0.2, 0) is 28.6 Å². The van der Waals surface area contributed by atoms with E-state index in [0.717, 1.165) is 141 Å². The van der Waals surface area contributed by atoms with E-state index in [-0.39, 0.29) is 44.0 Å². The molecule has 0 radical (unpaired) electrons. The molecule has 0 aliphatic heterocycles. The first kappa shape index (κ1) is 68.0. The molecule has 0 aliphatic carbocycles. The molecule has 73 heavy (non-hydrogen) atoms. The Labute approximate surface area is 448 Å². The summed E-state index contributed by atoms with van der Waals surface area (Å²) in [7, 11) is 0. The number of hydrogen-bond acceptors (Lipinski definition) is 6. The highest BCUT2D eigenvalue weighted by Crippen LogP contribution is 2.13. The number of rotatable bonds is 50. The molecule has 0 bridgehead atoms. The summed E-state index contributed by atoms with van der Waals surface area (Å²) in [6, 6.07) is 0. The second kappa shape index (κ2) is 59.6. The monoisotopic (exact) mass is 1000 g/mol. The smallest absolute Gasteiger partial charge is 0.306 e. The van der Waals surface area contributed by atoms with Crippen LogP contribution in [0.4, 0.5) is 0 Å². The van der Waals surface area contributed by atoms with E-state index in [1.54, 1.807) is 0 Å². The average Bonchev–Trinajstić information content (AvgIpc) is 3.39. The second-order valence-corrected chi connectivity index (χ2v) is 18.4. The van der Waals surface area contributed by atoms with Gasteiger partial charge in [0.15, 0.2) is 6.10 Å². The summed E-state index contributed by atoms with van der Waals surface area (Å²) in [5.74, 6) is -1.04. The van der Waals surface area contributed by atoms with Crippen LogP contribution in [-0.4, -0.2) is 37.2 Å². The normalized spacial score (nSPS) is 13.3. The maximum atomic E-state index is 12.9. The summed E-state index contributed by atoms with van der Waals surface area (Å²) in [5, 5.41) is 0. The zero-order valence-electron chi connectivity index (χ0n) is 46.6. The van der Waals surface area contributed by atoms with Gasteiger partial charge in [-0.05, 0) is 128 Å². The number of unbranched alkanes of at least 4 members (excludes halogenated alkanes) is 13. The molecule has 0 aromatic carbocycles. The minimum atomic E-state index is -0.830. The Hall–Kier alpha value is -4.97. The van der Waals surface area contributed by atoms with E-state index in [1.165, 1.54) is 38.5 Å². The highest BCUT2D eigenvalue weighted by atomic mass is 16.6. The largest absolute Gasteiger partial charge is 0.462 e. The van der Waals surface area contributed by atoms with E-state index in [2.05, 4.69) is 167 Å². The van der Waals surface area contributed by atoms with Gasteiger partial charge in [0.25, 0.3) is 0 Å². The molecular weight excluding hydrogens is 901 g/mol. The van der Waals surface area contributed by atoms with E-state index in [4.69, 9.17) is 14.2 Å². The minimum absolute atomic E-state index is 0.120. The first-order chi connectivity index (χ1) is 36.0. The van der Waals surface area contributed by atoms with Crippen LogP contribution in [0.1, 0.15) is 226 Å². The number of carbonyl (C=O) groups is 3. The van der Waals surface area contributed by atoms with Crippen LogP contribution >= 0.6 is 0 Å². The molecule has 0 spiro atoms. The molecule has 6 heteroatoms. The molecule has 408 valence electrons. The van der Waals surface area contributed by atoms with Crippen molar-refractivity contribution >= 4 is 17.9 Å². The van der Waals surface area contributed by atoms with Gasteiger partial charge in [-0.25, -0.2) is 0 Å². The summed E-state index contributed by atoms with van der Waals surface area (Å²) in [6.07, 6.45) is 86.7. The fourth-order valence-electron chi connectivity index (χ4n) is 7.30. The summed E-state index contributed by atoms with van der Waals surface area (Å²) < 4.78 is 16.8. The molecule has 0 heterocycles. The van der Waals surface area contributed by atoms with Gasteiger partial charge in [-0.1, -0.05) is 237 Å². The lowest BCUT2D eigenvalue weighted by atomic mass is 10.1. The lowest BCUT2D eigenvalue weighted by Gasteiger charge is -2.18. The standard InChI is InChI=1S/C67H104O6/c1-4-7-10-13-16-19-22-25-28-31-33-36-39-42-45-48-51-54-57-60-66(69)72-63-64(62-71-65(68)59-56-53-50-47-44-41-38-35-30-27-24-21-18-15-12-9-6-3)73-67(70)61-58-55-52-49-46-43-40-37-34-32-29-26-23-20-17-14-11-8-5-2/h7-12,16-21,25-30,33-34,36-37,42,45,51,54,64H,4-6,13-15,22-24,31-32,35,38-41,43-44,46-50,52-53,55-63H2,1-3H3/b10-7-,11-8-,12-9-,19-16-,20-17-,21-18-,28-25-,29-26-,30-27-,36-33-,37-34-,45-42-,54-51-. The van der Waals surface area contributed by atoms with Gasteiger partial charge in [-0.2, -0.15) is 0 Å². The Morgan fingerprint density at radius 3 is 0.849 bits per heavy atom. The van der Waals surface area contributed by atoms with Crippen molar-refractivity contribution in [2.24, 2.45) is 0 Å². The topological polar surface area (TPSA) is 78.9 Å². The van der Waals surface area contributed by atoms with Gasteiger partial charge in [0.1, 0.15) is 13.2 Å². The van der Waals surface area contributed by atoms with Crippen LogP contribution in [0.3, 0.4) is 0 Å². The van der Waals surface area contributed by atoms with Gasteiger partial charge in [0.2, 0.25) is 0 Å². The van der Waals surface area contributed by atoms with Crippen LogP contribution in [0.2, 0.25) is 0 Å². The highest BCUT2D eigenvalue weighted by Gasteiger charge is 2.19. The molecule has 0 N–H and O–H groups in total. The van der Waals surface area contributed by atoms with Crippen LogP contribution in [0.5, 0.6) is 0 Å². The van der Waals surface area contributed by atoms with Gasteiger partial charge in [-0.3, -0.25) is 14.4 Å². The van der Waals surface area contributed by atoms with Crippen molar-refractivity contribution in [1.29, 1.82) is 0 Å². The Balaban J connectivity index is 4.58. The second-order valence-electron chi connectivity index (χ2n) is 18.4. The highest BCUT2D eigenvalue weighted by molar-refractivity contribution is 5.71. The summed E-state index contributed by atoms with van der Waals surface area (Å²) in [5.41, 5.74) is 0. The van der Waals surface area contributed by atoms with E-state index < -0.39 is 6.10 Å². The van der Waals surface area contributed by atoms with Crippen LogP contribution < -0.4 is 0 Å².